The van der Waals surface area contributed by atoms with Crippen LogP contribution < -0.4 is 31.9 Å². The zero-order valence-electron chi connectivity index (χ0n) is 34.2. The normalized spacial score (nSPS) is 17.6. The van der Waals surface area contributed by atoms with E-state index >= 15 is 0 Å². The molecule has 4 aromatic carbocycles. The fraction of sp³-hybridized carbons (Fsp3) is 0.319. The average Bonchev–Trinajstić information content (AvgIpc) is 3.28. The van der Waals surface area contributed by atoms with Gasteiger partial charge >= 0.3 is 0 Å². The second-order valence-corrected chi connectivity index (χ2v) is 16.6. The Hall–Kier alpha value is -6.38. The Morgan fingerprint density at radius 2 is 1.56 bits per heavy atom. The fourth-order valence-corrected chi connectivity index (χ4v) is 8.81. The Balaban J connectivity index is 0.767. The lowest BCUT2D eigenvalue weighted by Crippen LogP contribution is -2.45. The number of anilines is 5. The molecule has 62 heavy (non-hydrogen) atoms. The number of piperidine rings is 3. The molecule has 15 heteroatoms. The van der Waals surface area contributed by atoms with Crippen LogP contribution in [-0.4, -0.2) is 77.3 Å². The number of nitrogens with one attached hydrogen (secondary N) is 4. The van der Waals surface area contributed by atoms with Crippen LogP contribution in [0.3, 0.4) is 0 Å². The number of carbonyl (C=O) groups is 4. The maximum Gasteiger partial charge on any atom is 0.251 e. The third kappa shape index (κ3) is 10.2. The van der Waals surface area contributed by atoms with E-state index in [0.717, 1.165) is 76.6 Å². The van der Waals surface area contributed by atoms with Gasteiger partial charge in [-0.1, -0.05) is 41.9 Å². The Labute approximate surface area is 364 Å². The third-order valence-corrected chi connectivity index (χ3v) is 12.5. The van der Waals surface area contributed by atoms with Crippen molar-refractivity contribution in [3.63, 3.8) is 0 Å². The predicted octanol–water partition coefficient (Wildman–Crippen LogP) is 7.54. The van der Waals surface area contributed by atoms with Crippen molar-refractivity contribution in [2.75, 3.05) is 48.3 Å². The molecular weight excluding hydrogens is 809 g/mol. The second kappa shape index (κ2) is 19.1. The molecule has 1 aromatic heterocycles. The number of amides is 4. The number of likely N-dealkylation sites (tertiary alicyclic amines) is 1. The van der Waals surface area contributed by atoms with Crippen LogP contribution in [-0.2, 0) is 9.59 Å². The number of hydrogen-bond donors (Lipinski definition) is 5. The SMILES string of the molecule is NC(=O)c1ccc(Nc2nc(Nc3ccc(C(=O)NC4CCN(CCC5CCN(c6ccc(C7CCC(=O)NC7=O)cc6)CC5)CC4)cc3)ncc2F)cc1-c1ccccc1Cl. The van der Waals surface area contributed by atoms with Gasteiger partial charge in [0.1, 0.15) is 0 Å². The molecule has 0 spiro atoms. The van der Waals surface area contributed by atoms with E-state index in [1.165, 1.54) is 5.69 Å². The lowest BCUT2D eigenvalue weighted by molar-refractivity contribution is -0.134. The summed E-state index contributed by atoms with van der Waals surface area (Å²) < 4.78 is 14.9. The topological polar surface area (TPSA) is 175 Å². The number of nitrogens with two attached hydrogens (primary N) is 1. The zero-order chi connectivity index (χ0) is 43.2. The van der Waals surface area contributed by atoms with Crippen molar-refractivity contribution < 1.29 is 23.6 Å². The maximum atomic E-state index is 14.9. The molecule has 1 atom stereocenters. The van der Waals surface area contributed by atoms with E-state index in [-0.39, 0.29) is 47.0 Å². The second-order valence-electron chi connectivity index (χ2n) is 16.2. The van der Waals surface area contributed by atoms with Crippen LogP contribution in [0.2, 0.25) is 5.02 Å². The summed E-state index contributed by atoms with van der Waals surface area (Å²) in [5.74, 6) is -1.35. The van der Waals surface area contributed by atoms with Crippen molar-refractivity contribution in [1.29, 1.82) is 0 Å². The molecule has 3 aliphatic rings. The van der Waals surface area contributed by atoms with Crippen LogP contribution in [0.4, 0.5) is 33.2 Å². The lowest BCUT2D eigenvalue weighted by atomic mass is 9.90. The molecule has 4 heterocycles. The van der Waals surface area contributed by atoms with Gasteiger partial charge in [-0.2, -0.15) is 4.98 Å². The maximum absolute atomic E-state index is 14.9. The number of hydrogen-bond acceptors (Lipinski definition) is 10. The van der Waals surface area contributed by atoms with E-state index in [4.69, 9.17) is 17.3 Å². The van der Waals surface area contributed by atoms with E-state index in [0.29, 0.717) is 51.8 Å². The Bertz CT molecular complexity index is 2440. The first kappa shape index (κ1) is 42.3. The summed E-state index contributed by atoms with van der Waals surface area (Å²) >= 11 is 6.41. The van der Waals surface area contributed by atoms with Crippen LogP contribution in [0, 0.1) is 11.7 Å². The molecule has 3 fully saturated rings. The summed E-state index contributed by atoms with van der Waals surface area (Å²) in [5.41, 5.74) is 10.7. The zero-order valence-corrected chi connectivity index (χ0v) is 35.0. The average molecular weight is 858 g/mol. The molecule has 5 aromatic rings. The highest BCUT2D eigenvalue weighted by molar-refractivity contribution is 6.33. The molecule has 6 N–H and O–H groups in total. The fourth-order valence-electron chi connectivity index (χ4n) is 8.57. The molecule has 0 aliphatic carbocycles. The first-order valence-corrected chi connectivity index (χ1v) is 21.5. The highest BCUT2D eigenvalue weighted by atomic mass is 35.5. The highest BCUT2D eigenvalue weighted by Gasteiger charge is 2.29. The smallest absolute Gasteiger partial charge is 0.251 e. The summed E-state index contributed by atoms with van der Waals surface area (Å²) in [5, 5.41) is 12.1. The number of imide groups is 1. The molecule has 4 amide bonds. The van der Waals surface area contributed by atoms with Crippen molar-refractivity contribution in [3.05, 3.63) is 125 Å². The number of aromatic nitrogens is 2. The van der Waals surface area contributed by atoms with Gasteiger partial charge in [-0.25, -0.2) is 9.37 Å². The molecule has 320 valence electrons. The monoisotopic (exact) mass is 857 g/mol. The molecule has 0 radical (unpaired) electrons. The highest BCUT2D eigenvalue weighted by Crippen LogP contribution is 2.34. The van der Waals surface area contributed by atoms with Crippen molar-refractivity contribution in [3.8, 4) is 11.1 Å². The van der Waals surface area contributed by atoms with Gasteiger partial charge in [-0.15, -0.1) is 0 Å². The first-order chi connectivity index (χ1) is 30.1. The molecule has 3 aliphatic heterocycles. The predicted molar refractivity (Wildman–Crippen MR) is 238 cm³/mol. The Morgan fingerprint density at radius 1 is 0.839 bits per heavy atom. The molecule has 13 nitrogen and oxygen atoms in total. The summed E-state index contributed by atoms with van der Waals surface area (Å²) in [6.45, 7) is 4.97. The van der Waals surface area contributed by atoms with Crippen molar-refractivity contribution in [2.24, 2.45) is 11.7 Å². The van der Waals surface area contributed by atoms with Gasteiger partial charge in [0.2, 0.25) is 23.7 Å². The van der Waals surface area contributed by atoms with E-state index in [1.54, 1.807) is 66.7 Å². The summed E-state index contributed by atoms with van der Waals surface area (Å²) in [6, 6.07) is 27.2. The van der Waals surface area contributed by atoms with Gasteiger partial charge in [0.25, 0.3) is 5.91 Å². The standard InChI is InChI=1S/C47H49ClFN9O4/c48-40-4-2-1-3-37(40)39-27-34(11-14-38(39)43(50)60)52-44-41(49)28-51-47(56-44)54-32-9-5-31(6-10-32)45(61)53-33-20-23-57(24-21-33)22-17-29-18-25-58(26-19-29)35-12-7-30(8-13-35)36-15-16-42(59)55-46(36)62/h1-14,27-29,33,36H,15-26H2,(H2,50,60)(H,53,61)(H,55,59,62)(H2,51,52,54,56). The molecule has 1 unspecified atom stereocenters. The molecule has 8 rings (SSSR count). The van der Waals surface area contributed by atoms with Gasteiger partial charge in [-0.05, 0) is 123 Å². The van der Waals surface area contributed by atoms with Crippen LogP contribution in [0.25, 0.3) is 11.1 Å². The van der Waals surface area contributed by atoms with Crippen molar-refractivity contribution >= 4 is 64.1 Å². The first-order valence-electron chi connectivity index (χ1n) is 21.1. The van der Waals surface area contributed by atoms with Gasteiger partial charge < -0.3 is 31.5 Å². The number of carbonyl (C=O) groups excluding carboxylic acids is 4. The minimum absolute atomic E-state index is 0.0867. The van der Waals surface area contributed by atoms with Crippen LogP contribution in [0.5, 0.6) is 0 Å². The van der Waals surface area contributed by atoms with E-state index < -0.39 is 11.7 Å². The molecule has 3 saturated heterocycles. The number of halogens is 2. The lowest BCUT2D eigenvalue weighted by Gasteiger charge is -2.36. The quantitative estimate of drug-likeness (QED) is 0.0745. The minimum Gasteiger partial charge on any atom is -0.372 e. The van der Waals surface area contributed by atoms with Crippen molar-refractivity contribution in [1.82, 2.24) is 25.5 Å². The number of rotatable bonds is 13. The minimum atomic E-state index is -0.682. The number of benzene rings is 4. The molecule has 0 bridgehead atoms. The van der Waals surface area contributed by atoms with Gasteiger partial charge in [0.05, 0.1) is 12.1 Å². The van der Waals surface area contributed by atoms with E-state index in [2.05, 4.69) is 53.2 Å². The largest absolute Gasteiger partial charge is 0.372 e. The summed E-state index contributed by atoms with van der Waals surface area (Å²) in [7, 11) is 0. The Morgan fingerprint density at radius 3 is 2.27 bits per heavy atom. The van der Waals surface area contributed by atoms with E-state index in [9.17, 15) is 23.6 Å². The number of nitrogens with zero attached hydrogens (tertiary/aromatic N) is 4. The van der Waals surface area contributed by atoms with Gasteiger partial charge in [0.15, 0.2) is 11.6 Å². The van der Waals surface area contributed by atoms with Crippen LogP contribution >= 0.6 is 11.6 Å². The van der Waals surface area contributed by atoms with Crippen LogP contribution in [0.1, 0.15) is 77.1 Å². The Kier molecular flexibility index (Phi) is 13.1. The summed E-state index contributed by atoms with van der Waals surface area (Å²) in [6.07, 6.45) is 7.25. The number of primary amides is 1. The third-order valence-electron chi connectivity index (χ3n) is 12.1. The molecule has 0 saturated carbocycles. The van der Waals surface area contributed by atoms with Crippen molar-refractivity contribution in [2.45, 2.75) is 56.9 Å². The molecular formula is C47H49ClFN9O4. The van der Waals surface area contributed by atoms with Gasteiger partial charge in [0, 0.05) is 77.4 Å². The van der Waals surface area contributed by atoms with E-state index in [1.807, 2.05) is 12.1 Å². The van der Waals surface area contributed by atoms with Gasteiger partial charge in [-0.3, -0.25) is 24.5 Å². The summed E-state index contributed by atoms with van der Waals surface area (Å²) in [4.78, 5) is 62.5. The van der Waals surface area contributed by atoms with Crippen LogP contribution in [0.15, 0.2) is 97.2 Å².